The van der Waals surface area contributed by atoms with Crippen LogP contribution in [0, 0.1) is 17.8 Å². The Morgan fingerprint density at radius 3 is 2.35 bits per heavy atom. The Kier molecular flexibility index (Phi) is 18.8. The van der Waals surface area contributed by atoms with Gasteiger partial charge < -0.3 is 30.2 Å². The summed E-state index contributed by atoms with van der Waals surface area (Å²) >= 11 is 1.16. The number of hydrogen-bond donors (Lipinski definition) is 3. The molecule has 60 heavy (non-hydrogen) atoms. The Morgan fingerprint density at radius 2 is 1.78 bits per heavy atom. The summed E-state index contributed by atoms with van der Waals surface area (Å²) in [5.41, 5.74) is 4.45. The minimum Gasteiger partial charge on any atom is -0.479 e. The third-order valence-corrected chi connectivity index (χ3v) is 12.3. The minimum absolute atomic E-state index is 0. The molecule has 1 aromatic carbocycles. The van der Waals surface area contributed by atoms with Crippen molar-refractivity contribution in [2.75, 3.05) is 20.7 Å². The maximum absolute atomic E-state index is 13.6. The number of nitrogens with two attached hydrogens (primary N) is 1. The van der Waals surface area contributed by atoms with E-state index < -0.39 is 23.4 Å². The number of methoxy groups -OCH3 is 1. The second-order valence-corrected chi connectivity index (χ2v) is 18.1. The molecule has 4 amide bonds. The van der Waals surface area contributed by atoms with Gasteiger partial charge in [-0.1, -0.05) is 44.6 Å². The Labute approximate surface area is 365 Å². The fourth-order valence-corrected chi connectivity index (χ4v) is 7.25. The van der Waals surface area contributed by atoms with Crippen molar-refractivity contribution in [3.63, 3.8) is 0 Å². The molecule has 2 aromatic rings. The summed E-state index contributed by atoms with van der Waals surface area (Å²) in [5.74, 6) is 2.05. The maximum Gasteiger partial charge on any atom is 0.405 e. The van der Waals surface area contributed by atoms with E-state index in [1.807, 2.05) is 24.3 Å². The Morgan fingerprint density at radius 1 is 1.13 bits per heavy atom. The van der Waals surface area contributed by atoms with Gasteiger partial charge in [0.25, 0.3) is 0 Å². The summed E-state index contributed by atoms with van der Waals surface area (Å²) in [7, 11) is 3.29. The number of nitrogens with one attached hydrogen (secondary N) is 2. The van der Waals surface area contributed by atoms with E-state index in [2.05, 4.69) is 58.6 Å². The molecule has 6 rings (SSSR count). The lowest BCUT2D eigenvalue weighted by Crippen LogP contribution is -2.47. The molecule has 336 valence electrons. The predicted molar refractivity (Wildman–Crippen MR) is 235 cm³/mol. The number of aromatic nitrogens is 2. The molecule has 3 fully saturated rings. The van der Waals surface area contributed by atoms with Gasteiger partial charge in [-0.15, -0.1) is 14.6 Å². The number of benzene rings is 1. The summed E-state index contributed by atoms with van der Waals surface area (Å²) in [6.45, 7) is 12.4. The molecule has 4 N–H and O–H groups in total. The van der Waals surface area contributed by atoms with Crippen LogP contribution in [0.1, 0.15) is 106 Å². The molecule has 2 saturated carbocycles. The van der Waals surface area contributed by atoms with Crippen LogP contribution >= 0.6 is 25.7 Å². The third-order valence-electron chi connectivity index (χ3n) is 11.5. The molecule has 0 bridgehead atoms. The maximum atomic E-state index is 13.6. The molecule has 15 nitrogen and oxygen atoms in total. The summed E-state index contributed by atoms with van der Waals surface area (Å²) in [6.07, 6.45) is 12.1. The topological polar surface area (TPSA) is 188 Å². The number of fused-ring (bicyclic) bond motifs is 3. The molecule has 2 aliphatic heterocycles. The first kappa shape index (κ1) is 50.5. The van der Waals surface area contributed by atoms with E-state index in [9.17, 15) is 23.6 Å². The molecule has 6 atom stereocenters. The van der Waals surface area contributed by atoms with Gasteiger partial charge in [-0.2, -0.15) is 13.5 Å². The lowest BCUT2D eigenvalue weighted by molar-refractivity contribution is -0.139. The van der Waals surface area contributed by atoms with Crippen LogP contribution in [0.3, 0.4) is 0 Å². The number of hydrazine groups is 1. The highest BCUT2D eigenvalue weighted by molar-refractivity contribution is 7.92. The summed E-state index contributed by atoms with van der Waals surface area (Å²) in [6, 6.07) is 7.28. The normalized spacial score (nSPS) is 25.4. The average Bonchev–Trinajstić information content (AvgIpc) is 4.06. The Bertz CT molecular complexity index is 1780. The van der Waals surface area contributed by atoms with Crippen molar-refractivity contribution >= 4 is 60.8 Å². The van der Waals surface area contributed by atoms with Crippen molar-refractivity contribution in [3.8, 4) is 11.8 Å². The van der Waals surface area contributed by atoms with E-state index in [0.29, 0.717) is 55.3 Å². The molecule has 2 aliphatic carbocycles. The molecule has 4 unspecified atom stereocenters. The van der Waals surface area contributed by atoms with Gasteiger partial charge in [-0.25, -0.2) is 9.18 Å². The highest BCUT2D eigenvalue weighted by atomic mass is 32.2. The van der Waals surface area contributed by atoms with E-state index >= 15 is 0 Å². The number of hydrogen-bond acceptors (Lipinski definition) is 12. The first-order chi connectivity index (χ1) is 27.8. The van der Waals surface area contributed by atoms with Gasteiger partial charge in [0.1, 0.15) is 35.6 Å². The van der Waals surface area contributed by atoms with Crippen LogP contribution in [0.5, 0.6) is 11.8 Å². The third kappa shape index (κ3) is 14.9. The monoisotopic (exact) mass is 879 g/mol. The second kappa shape index (κ2) is 22.3. The highest BCUT2D eigenvalue weighted by Crippen LogP contribution is 2.42. The van der Waals surface area contributed by atoms with Crippen molar-refractivity contribution < 1.29 is 42.0 Å². The zero-order chi connectivity index (χ0) is 43.5. The average molecular weight is 880 g/mol. The number of nitrogens with zero attached hydrogens (tertiary/aromatic N) is 4. The lowest BCUT2D eigenvalue weighted by atomic mass is 9.88. The molecule has 18 heteroatoms. The van der Waals surface area contributed by atoms with Crippen molar-refractivity contribution in [3.05, 3.63) is 36.4 Å². The predicted octanol–water partition coefficient (Wildman–Crippen LogP) is 6.72. The molecule has 3 heterocycles. The van der Waals surface area contributed by atoms with Gasteiger partial charge in [-0.3, -0.25) is 24.0 Å². The van der Waals surface area contributed by atoms with Crippen LogP contribution in [0.2, 0.25) is 0 Å². The minimum atomic E-state index is -1.60. The first-order valence-corrected chi connectivity index (χ1v) is 21.2. The van der Waals surface area contributed by atoms with Crippen LogP contribution in [-0.4, -0.2) is 99.6 Å². The highest BCUT2D eigenvalue weighted by Gasteiger charge is 2.45. The lowest BCUT2D eigenvalue weighted by Gasteiger charge is -2.33. The fourth-order valence-electron chi connectivity index (χ4n) is 6.70. The quantitative estimate of drug-likeness (QED) is 0.0713. The number of carbonyl (C=O) groups excluding carboxylic acids is 4. The fraction of sp³-hybridized carbons (Fsp3) is 0.667. The summed E-state index contributed by atoms with van der Waals surface area (Å²) in [4.78, 5) is 48.9. The van der Waals surface area contributed by atoms with Gasteiger partial charge in [0, 0.05) is 25.9 Å². The smallest absolute Gasteiger partial charge is 0.405 e. The van der Waals surface area contributed by atoms with E-state index in [-0.39, 0.29) is 43.1 Å². The van der Waals surface area contributed by atoms with Crippen LogP contribution in [0.4, 0.5) is 9.18 Å². The molecule has 1 aromatic heterocycles. The molecule has 4 aliphatic rings. The zero-order valence-corrected chi connectivity index (χ0v) is 38.3. The van der Waals surface area contributed by atoms with E-state index in [1.54, 1.807) is 19.1 Å². The number of ether oxygens (including phenoxy) is 3. The van der Waals surface area contributed by atoms with Gasteiger partial charge >= 0.3 is 6.09 Å². The molecule has 1 saturated heterocycles. The number of carbonyl (C=O) groups is 4. The number of rotatable bonds is 11. The number of allylic oxidation sites excluding steroid dienone is 1. The number of alkyl halides is 1. The summed E-state index contributed by atoms with van der Waals surface area (Å²) in [5, 5.41) is 13.2. The Balaban J connectivity index is 0.000000343. The van der Waals surface area contributed by atoms with E-state index in [1.165, 1.54) is 32.1 Å². The number of primary amides is 1. The first-order valence-electron chi connectivity index (χ1n) is 20.5. The van der Waals surface area contributed by atoms with Crippen LogP contribution in [0.15, 0.2) is 36.4 Å². The number of amides is 4. The molecular formula is C42H66FN7O8S2. The van der Waals surface area contributed by atoms with E-state index in [4.69, 9.17) is 19.4 Å². The van der Waals surface area contributed by atoms with Gasteiger partial charge in [-0.05, 0) is 103 Å². The largest absolute Gasteiger partial charge is 0.479 e. The van der Waals surface area contributed by atoms with Crippen LogP contribution < -0.4 is 25.9 Å². The van der Waals surface area contributed by atoms with Crippen molar-refractivity contribution in [2.45, 2.75) is 141 Å². The van der Waals surface area contributed by atoms with E-state index in [0.717, 1.165) is 67.9 Å². The zero-order valence-electron chi connectivity index (χ0n) is 36.5. The molecular weight excluding hydrogens is 814 g/mol. The van der Waals surface area contributed by atoms with Crippen molar-refractivity contribution in [1.29, 1.82) is 0 Å². The standard InChI is InChI=1S/C29H38N4O4.C7H14FNO2.C6H12N2O2S.H2S/c1-4-19-13-18(2)9-5-6-10-20-15-24(20)30-27(35)25-16-21(17-33(25)26(34)14-19)37-29-23-12-8-7-11-22(23)28(36-3)31-32-29;1-6(2,8)7(3,4)11-5(9)10;1-6(3-4-6)10-11-8(2)7-5-9;/h6-8,10-12,18-21,24-25H,4-5,9,13-17H2,1-3H3,(H,30,35);1-4H3,(H2,9,10);5H,3-4H2,1-2H3,(H,7,9);1H2/b10-6-;;;/t18?,19?,20-,21-,24?,25?;;;/m1.../s1. The van der Waals surface area contributed by atoms with Crippen LogP contribution in [0.25, 0.3) is 10.8 Å². The van der Waals surface area contributed by atoms with Gasteiger partial charge in [0.05, 0.1) is 30.0 Å². The summed E-state index contributed by atoms with van der Waals surface area (Å²) < 4.78 is 36.3. The van der Waals surface area contributed by atoms with Crippen LogP contribution in [-0.2, 0) is 23.3 Å². The van der Waals surface area contributed by atoms with Crippen molar-refractivity contribution in [1.82, 2.24) is 30.3 Å². The number of halogens is 1. The van der Waals surface area contributed by atoms with Gasteiger partial charge in [0.15, 0.2) is 0 Å². The van der Waals surface area contributed by atoms with Crippen molar-refractivity contribution in [2.24, 2.45) is 23.5 Å². The molecule has 0 spiro atoms. The SMILES string of the molecule is CC(C)(F)C(C)(C)OC(N)=O.CCC1CC(=O)N2C[C@H](Oc3nnc(OC)c4ccccc34)CC2C(=O)NC2C[C@H]2/C=C\CCC(C)C1.CN(NC=O)SOC1(C)CC1.S. The Hall–Kier alpha value is -3.87. The molecule has 0 radical (unpaired) electrons. The van der Waals surface area contributed by atoms with Gasteiger partial charge in [0.2, 0.25) is 30.0 Å². The second-order valence-electron chi connectivity index (χ2n) is 17.2.